The van der Waals surface area contributed by atoms with Crippen molar-refractivity contribution in [1.29, 1.82) is 0 Å². The standard InChI is InChI=1S/C16H25N5/c1-12(2)14-11-15-16(18-8-10-21(15)19-14)20(9-4-7-17)13-5-3-6-13/h8,10-13H,3-7,9,17H2,1-2H3. The van der Waals surface area contributed by atoms with E-state index in [1.54, 1.807) is 0 Å². The second-order valence-electron chi connectivity index (χ2n) is 6.22. The lowest BCUT2D eigenvalue weighted by molar-refractivity contribution is 0.383. The SMILES string of the molecule is CC(C)c1cc2c(N(CCCN)C3CCC3)nccn2n1. The third-order valence-electron chi connectivity index (χ3n) is 4.37. The van der Waals surface area contributed by atoms with Crippen molar-refractivity contribution in [3.8, 4) is 0 Å². The van der Waals surface area contributed by atoms with E-state index in [0.29, 0.717) is 12.0 Å². The average Bonchev–Trinajstić information content (AvgIpc) is 2.85. The van der Waals surface area contributed by atoms with Crippen LogP contribution in [0.4, 0.5) is 5.82 Å². The molecule has 0 atom stereocenters. The topological polar surface area (TPSA) is 59.5 Å². The van der Waals surface area contributed by atoms with E-state index in [0.717, 1.165) is 36.5 Å². The summed E-state index contributed by atoms with van der Waals surface area (Å²) < 4.78 is 1.96. The molecule has 2 heterocycles. The van der Waals surface area contributed by atoms with Crippen LogP contribution in [0.15, 0.2) is 18.5 Å². The molecule has 5 nitrogen and oxygen atoms in total. The normalized spacial score (nSPS) is 15.6. The van der Waals surface area contributed by atoms with E-state index in [2.05, 4.69) is 34.9 Å². The summed E-state index contributed by atoms with van der Waals surface area (Å²) in [5.74, 6) is 1.49. The van der Waals surface area contributed by atoms with Crippen molar-refractivity contribution in [3.63, 3.8) is 0 Å². The molecule has 1 saturated carbocycles. The minimum Gasteiger partial charge on any atom is -0.352 e. The predicted octanol–water partition coefficient (Wildman–Crippen LogP) is 2.56. The van der Waals surface area contributed by atoms with Crippen LogP contribution in [-0.2, 0) is 0 Å². The predicted molar refractivity (Wildman–Crippen MR) is 85.7 cm³/mol. The molecule has 5 heteroatoms. The van der Waals surface area contributed by atoms with E-state index >= 15 is 0 Å². The Balaban J connectivity index is 1.99. The van der Waals surface area contributed by atoms with Gasteiger partial charge in [0.1, 0.15) is 5.52 Å². The minimum atomic E-state index is 0.430. The van der Waals surface area contributed by atoms with E-state index in [1.165, 1.54) is 19.3 Å². The molecule has 2 aromatic rings. The van der Waals surface area contributed by atoms with Gasteiger partial charge in [-0.15, -0.1) is 0 Å². The monoisotopic (exact) mass is 287 g/mol. The Morgan fingerprint density at radius 1 is 1.43 bits per heavy atom. The maximum absolute atomic E-state index is 5.71. The van der Waals surface area contributed by atoms with Crippen molar-refractivity contribution in [1.82, 2.24) is 14.6 Å². The van der Waals surface area contributed by atoms with Crippen LogP contribution in [0.1, 0.15) is 51.1 Å². The van der Waals surface area contributed by atoms with E-state index in [9.17, 15) is 0 Å². The summed E-state index contributed by atoms with van der Waals surface area (Å²) in [6, 6.07) is 2.80. The third-order valence-corrected chi connectivity index (χ3v) is 4.37. The molecule has 1 aliphatic rings. The van der Waals surface area contributed by atoms with Gasteiger partial charge in [0.15, 0.2) is 5.82 Å². The molecule has 0 aromatic carbocycles. The van der Waals surface area contributed by atoms with Crippen LogP contribution in [0, 0.1) is 0 Å². The van der Waals surface area contributed by atoms with Crippen LogP contribution in [0.25, 0.3) is 5.52 Å². The highest BCUT2D eigenvalue weighted by Gasteiger charge is 2.27. The van der Waals surface area contributed by atoms with Crippen molar-refractivity contribution in [3.05, 3.63) is 24.2 Å². The smallest absolute Gasteiger partial charge is 0.154 e. The Hall–Kier alpha value is -1.62. The Morgan fingerprint density at radius 2 is 2.24 bits per heavy atom. The average molecular weight is 287 g/mol. The van der Waals surface area contributed by atoms with E-state index in [4.69, 9.17) is 5.73 Å². The number of fused-ring (bicyclic) bond motifs is 1. The number of hydrogen-bond acceptors (Lipinski definition) is 4. The molecule has 1 aliphatic carbocycles. The maximum Gasteiger partial charge on any atom is 0.154 e. The first-order chi connectivity index (χ1) is 10.2. The number of aromatic nitrogens is 3. The second-order valence-corrected chi connectivity index (χ2v) is 6.22. The number of nitrogens with two attached hydrogens (primary N) is 1. The van der Waals surface area contributed by atoms with Gasteiger partial charge in [0.25, 0.3) is 0 Å². The molecule has 2 N–H and O–H groups in total. The highest BCUT2D eigenvalue weighted by molar-refractivity contribution is 5.69. The van der Waals surface area contributed by atoms with E-state index in [-0.39, 0.29) is 0 Å². The molecule has 2 aromatic heterocycles. The molecule has 0 bridgehead atoms. The lowest BCUT2D eigenvalue weighted by Gasteiger charge is -2.38. The first kappa shape index (κ1) is 14.3. The fraction of sp³-hybridized carbons (Fsp3) is 0.625. The number of anilines is 1. The summed E-state index contributed by atoms with van der Waals surface area (Å²) in [6.45, 7) is 6.05. The van der Waals surface area contributed by atoms with Crippen molar-refractivity contribution in [2.75, 3.05) is 18.0 Å². The van der Waals surface area contributed by atoms with Gasteiger partial charge < -0.3 is 10.6 Å². The van der Waals surface area contributed by atoms with Gasteiger partial charge in [-0.25, -0.2) is 9.50 Å². The van der Waals surface area contributed by atoms with Crippen LogP contribution >= 0.6 is 0 Å². The van der Waals surface area contributed by atoms with Gasteiger partial charge in [-0.1, -0.05) is 13.8 Å². The zero-order valence-corrected chi connectivity index (χ0v) is 13.0. The summed E-state index contributed by atoms with van der Waals surface area (Å²) in [7, 11) is 0. The van der Waals surface area contributed by atoms with Gasteiger partial charge in [0.05, 0.1) is 5.69 Å². The third kappa shape index (κ3) is 2.75. The van der Waals surface area contributed by atoms with E-state index in [1.807, 2.05) is 16.9 Å². The fourth-order valence-corrected chi connectivity index (χ4v) is 2.85. The fourth-order valence-electron chi connectivity index (χ4n) is 2.85. The van der Waals surface area contributed by atoms with Crippen molar-refractivity contribution < 1.29 is 0 Å². The highest BCUT2D eigenvalue weighted by atomic mass is 15.3. The van der Waals surface area contributed by atoms with Crippen LogP contribution in [0.3, 0.4) is 0 Å². The molecule has 0 radical (unpaired) electrons. The Bertz CT molecular complexity index is 600. The summed E-state index contributed by atoms with van der Waals surface area (Å²) in [5, 5.41) is 4.66. The molecule has 1 fully saturated rings. The summed E-state index contributed by atoms with van der Waals surface area (Å²) in [4.78, 5) is 7.10. The molecule has 0 unspecified atom stereocenters. The first-order valence-electron chi connectivity index (χ1n) is 8.01. The molecule has 0 saturated heterocycles. The quantitative estimate of drug-likeness (QED) is 0.887. The van der Waals surface area contributed by atoms with Gasteiger partial charge in [-0.3, -0.25) is 0 Å². The zero-order chi connectivity index (χ0) is 14.8. The van der Waals surface area contributed by atoms with Crippen LogP contribution in [0.5, 0.6) is 0 Å². The number of nitrogens with zero attached hydrogens (tertiary/aromatic N) is 4. The molecule has 3 rings (SSSR count). The van der Waals surface area contributed by atoms with Crippen LogP contribution in [0.2, 0.25) is 0 Å². The maximum atomic E-state index is 5.71. The van der Waals surface area contributed by atoms with Crippen molar-refractivity contribution in [2.24, 2.45) is 5.73 Å². The molecule has 114 valence electrons. The molecular weight excluding hydrogens is 262 g/mol. The first-order valence-corrected chi connectivity index (χ1v) is 8.01. The van der Waals surface area contributed by atoms with Gasteiger partial charge in [-0.05, 0) is 44.2 Å². The van der Waals surface area contributed by atoms with Gasteiger partial charge in [0.2, 0.25) is 0 Å². The van der Waals surface area contributed by atoms with Crippen LogP contribution < -0.4 is 10.6 Å². The van der Waals surface area contributed by atoms with Gasteiger partial charge >= 0.3 is 0 Å². The number of hydrogen-bond donors (Lipinski definition) is 1. The highest BCUT2D eigenvalue weighted by Crippen LogP contribution is 2.31. The summed E-state index contributed by atoms with van der Waals surface area (Å²) in [5.41, 5.74) is 7.94. The van der Waals surface area contributed by atoms with Crippen LogP contribution in [-0.4, -0.2) is 33.7 Å². The van der Waals surface area contributed by atoms with Crippen molar-refractivity contribution >= 4 is 11.3 Å². The molecular formula is C16H25N5. The Labute approximate surface area is 126 Å². The second kappa shape index (κ2) is 6.02. The summed E-state index contributed by atoms with van der Waals surface area (Å²) >= 11 is 0. The van der Waals surface area contributed by atoms with Crippen molar-refractivity contribution in [2.45, 2.75) is 51.5 Å². The number of rotatable bonds is 6. The van der Waals surface area contributed by atoms with E-state index < -0.39 is 0 Å². The van der Waals surface area contributed by atoms with Gasteiger partial charge in [-0.2, -0.15) is 5.10 Å². The largest absolute Gasteiger partial charge is 0.352 e. The van der Waals surface area contributed by atoms with Gasteiger partial charge in [0, 0.05) is 25.0 Å². The Morgan fingerprint density at radius 3 is 2.86 bits per heavy atom. The minimum absolute atomic E-state index is 0.430. The lowest BCUT2D eigenvalue weighted by atomic mass is 9.91. The molecule has 0 spiro atoms. The molecule has 21 heavy (non-hydrogen) atoms. The zero-order valence-electron chi connectivity index (χ0n) is 13.0. The molecule has 0 aliphatic heterocycles. The summed E-state index contributed by atoms with van der Waals surface area (Å²) in [6.07, 6.45) is 8.64. The Kier molecular flexibility index (Phi) is 4.10. The lowest BCUT2D eigenvalue weighted by Crippen LogP contribution is -2.42. The molecule has 0 amide bonds.